The minimum atomic E-state index is -4.44. The summed E-state index contributed by atoms with van der Waals surface area (Å²) in [7, 11) is 1.56. The quantitative estimate of drug-likeness (QED) is 0.741. The zero-order valence-electron chi connectivity index (χ0n) is 14.5. The van der Waals surface area contributed by atoms with Crippen LogP contribution in [0.3, 0.4) is 0 Å². The van der Waals surface area contributed by atoms with Crippen LogP contribution in [0.2, 0.25) is 0 Å². The van der Waals surface area contributed by atoms with Crippen molar-refractivity contribution in [2.75, 3.05) is 19.0 Å². The Morgan fingerprint density at radius 3 is 2.19 bits per heavy atom. The molecule has 8 heteroatoms. The number of esters is 1. The molecule has 0 spiro atoms. The molecule has 0 aliphatic carbocycles. The third-order valence-corrected chi connectivity index (χ3v) is 3.64. The zero-order chi connectivity index (χ0) is 19.9. The van der Waals surface area contributed by atoms with Gasteiger partial charge < -0.3 is 14.8 Å². The second kappa shape index (κ2) is 9.07. The van der Waals surface area contributed by atoms with E-state index in [0.717, 1.165) is 29.8 Å². The number of aryl methyl sites for hydroxylation is 1. The van der Waals surface area contributed by atoms with E-state index in [1.807, 2.05) is 12.1 Å². The van der Waals surface area contributed by atoms with Gasteiger partial charge in [0.25, 0.3) is 5.91 Å². The highest BCUT2D eigenvalue weighted by molar-refractivity contribution is 5.92. The number of benzene rings is 2. The lowest BCUT2D eigenvalue weighted by Gasteiger charge is -2.09. The van der Waals surface area contributed by atoms with Crippen LogP contribution in [0.25, 0.3) is 0 Å². The summed E-state index contributed by atoms with van der Waals surface area (Å²) in [4.78, 5) is 23.4. The number of rotatable bonds is 7. The minimum Gasteiger partial charge on any atom is -0.497 e. The first-order valence-corrected chi connectivity index (χ1v) is 8.03. The number of ether oxygens (including phenoxy) is 2. The molecule has 2 aromatic carbocycles. The van der Waals surface area contributed by atoms with E-state index in [9.17, 15) is 22.8 Å². The zero-order valence-corrected chi connectivity index (χ0v) is 14.5. The summed E-state index contributed by atoms with van der Waals surface area (Å²) in [5.41, 5.74) is 0.287. The van der Waals surface area contributed by atoms with Gasteiger partial charge in [-0.15, -0.1) is 0 Å². The number of nitrogens with one attached hydrogen (secondary N) is 1. The Kier molecular flexibility index (Phi) is 6.81. The number of halogens is 3. The van der Waals surface area contributed by atoms with E-state index in [0.29, 0.717) is 12.2 Å². The predicted octanol–water partition coefficient (Wildman–Crippen LogP) is 3.83. The number of amides is 1. The van der Waals surface area contributed by atoms with Crippen molar-refractivity contribution in [1.29, 1.82) is 0 Å². The van der Waals surface area contributed by atoms with Crippen molar-refractivity contribution in [3.63, 3.8) is 0 Å². The molecule has 0 saturated heterocycles. The smallest absolute Gasteiger partial charge is 0.416 e. The number of alkyl halides is 3. The number of hydrogen-bond donors (Lipinski definition) is 1. The van der Waals surface area contributed by atoms with E-state index >= 15 is 0 Å². The van der Waals surface area contributed by atoms with Gasteiger partial charge in [0.15, 0.2) is 6.61 Å². The second-order valence-electron chi connectivity index (χ2n) is 5.63. The van der Waals surface area contributed by atoms with Gasteiger partial charge in [0.05, 0.1) is 12.7 Å². The van der Waals surface area contributed by atoms with Gasteiger partial charge >= 0.3 is 12.1 Å². The summed E-state index contributed by atoms with van der Waals surface area (Å²) in [5, 5.41) is 2.36. The van der Waals surface area contributed by atoms with Crippen LogP contribution >= 0.6 is 0 Å². The molecule has 144 valence electrons. The fourth-order valence-corrected chi connectivity index (χ4v) is 2.20. The van der Waals surface area contributed by atoms with Gasteiger partial charge in [-0.25, -0.2) is 0 Å². The molecule has 1 N–H and O–H groups in total. The molecule has 27 heavy (non-hydrogen) atoms. The summed E-state index contributed by atoms with van der Waals surface area (Å²) >= 11 is 0. The fourth-order valence-electron chi connectivity index (χ4n) is 2.20. The summed E-state index contributed by atoms with van der Waals surface area (Å²) in [6.45, 7) is -0.511. The van der Waals surface area contributed by atoms with Crippen LogP contribution in [0.15, 0.2) is 48.5 Å². The topological polar surface area (TPSA) is 64.6 Å². The Bertz CT molecular complexity index is 771. The van der Waals surface area contributed by atoms with Crippen LogP contribution in [-0.2, 0) is 26.9 Å². The van der Waals surface area contributed by atoms with Crippen LogP contribution < -0.4 is 10.1 Å². The number of methoxy groups -OCH3 is 1. The molecular formula is C19H18F3NO4. The van der Waals surface area contributed by atoms with E-state index in [-0.39, 0.29) is 12.1 Å². The molecule has 0 aliphatic rings. The highest BCUT2D eigenvalue weighted by Gasteiger charge is 2.29. The van der Waals surface area contributed by atoms with Crippen LogP contribution in [-0.4, -0.2) is 25.6 Å². The molecule has 0 radical (unpaired) electrons. The SMILES string of the molecule is COc1ccc(CCC(=O)OCC(=O)Nc2ccc(C(F)(F)F)cc2)cc1. The Hall–Kier alpha value is -3.03. The molecule has 0 aliphatic heterocycles. The van der Waals surface area contributed by atoms with E-state index < -0.39 is 30.2 Å². The molecule has 2 rings (SSSR count). The average Bonchev–Trinajstić information content (AvgIpc) is 2.65. The van der Waals surface area contributed by atoms with Crippen molar-refractivity contribution < 1.29 is 32.2 Å². The monoisotopic (exact) mass is 381 g/mol. The fraction of sp³-hybridized carbons (Fsp3) is 0.263. The molecule has 0 heterocycles. The van der Waals surface area contributed by atoms with Crippen molar-refractivity contribution in [1.82, 2.24) is 0 Å². The summed E-state index contributed by atoms with van der Waals surface area (Å²) in [6, 6.07) is 11.2. The lowest BCUT2D eigenvalue weighted by molar-refractivity contribution is -0.147. The van der Waals surface area contributed by atoms with Crippen LogP contribution in [0.4, 0.5) is 18.9 Å². The van der Waals surface area contributed by atoms with Gasteiger partial charge in [0.1, 0.15) is 5.75 Å². The second-order valence-corrected chi connectivity index (χ2v) is 5.63. The first kappa shape index (κ1) is 20.3. The van der Waals surface area contributed by atoms with Crippen molar-refractivity contribution in [3.05, 3.63) is 59.7 Å². The number of carbonyl (C=O) groups excluding carboxylic acids is 2. The largest absolute Gasteiger partial charge is 0.497 e. The Morgan fingerprint density at radius 1 is 1.00 bits per heavy atom. The van der Waals surface area contributed by atoms with Crippen molar-refractivity contribution in [2.45, 2.75) is 19.0 Å². The first-order chi connectivity index (χ1) is 12.8. The van der Waals surface area contributed by atoms with Gasteiger partial charge in [0, 0.05) is 12.1 Å². The molecule has 1 amide bonds. The van der Waals surface area contributed by atoms with E-state index in [1.165, 1.54) is 0 Å². The summed E-state index contributed by atoms with van der Waals surface area (Å²) in [6.07, 6.45) is -3.90. The summed E-state index contributed by atoms with van der Waals surface area (Å²) < 4.78 is 47.3. The predicted molar refractivity (Wildman–Crippen MR) is 92.3 cm³/mol. The number of carbonyl (C=O) groups is 2. The molecule has 0 saturated carbocycles. The van der Waals surface area contributed by atoms with Gasteiger partial charge in [-0.3, -0.25) is 9.59 Å². The van der Waals surface area contributed by atoms with Gasteiger partial charge in [0.2, 0.25) is 0 Å². The molecule has 0 aromatic heterocycles. The first-order valence-electron chi connectivity index (χ1n) is 8.03. The molecule has 0 bridgehead atoms. The molecule has 0 fully saturated rings. The standard InChI is InChI=1S/C19H18F3NO4/c1-26-16-9-2-13(3-10-16)4-11-18(25)27-12-17(24)23-15-7-5-14(6-8-15)19(20,21)22/h2-3,5-10H,4,11-12H2,1H3,(H,23,24). The highest BCUT2D eigenvalue weighted by Crippen LogP contribution is 2.29. The number of hydrogen-bond acceptors (Lipinski definition) is 4. The van der Waals surface area contributed by atoms with Crippen LogP contribution in [0, 0.1) is 0 Å². The molecule has 2 aromatic rings. The number of anilines is 1. The Balaban J connectivity index is 1.73. The lowest BCUT2D eigenvalue weighted by atomic mass is 10.1. The molecule has 0 atom stereocenters. The van der Waals surface area contributed by atoms with E-state index in [1.54, 1.807) is 19.2 Å². The maximum Gasteiger partial charge on any atom is 0.416 e. The van der Waals surface area contributed by atoms with E-state index in [4.69, 9.17) is 9.47 Å². The summed E-state index contributed by atoms with van der Waals surface area (Å²) in [5.74, 6) is -0.470. The third kappa shape index (κ3) is 6.65. The van der Waals surface area contributed by atoms with Gasteiger partial charge in [-0.2, -0.15) is 13.2 Å². The minimum absolute atomic E-state index is 0.0971. The van der Waals surface area contributed by atoms with Crippen molar-refractivity contribution in [3.8, 4) is 5.75 Å². The van der Waals surface area contributed by atoms with Crippen molar-refractivity contribution in [2.24, 2.45) is 0 Å². The third-order valence-electron chi connectivity index (χ3n) is 3.64. The van der Waals surface area contributed by atoms with Gasteiger partial charge in [-0.1, -0.05) is 12.1 Å². The molecular weight excluding hydrogens is 363 g/mol. The maximum absolute atomic E-state index is 12.5. The van der Waals surface area contributed by atoms with Crippen LogP contribution in [0.5, 0.6) is 5.75 Å². The normalized spacial score (nSPS) is 11.0. The van der Waals surface area contributed by atoms with Crippen LogP contribution in [0.1, 0.15) is 17.5 Å². The van der Waals surface area contributed by atoms with E-state index in [2.05, 4.69) is 5.32 Å². The Morgan fingerprint density at radius 2 is 1.63 bits per heavy atom. The Labute approximate surface area is 154 Å². The maximum atomic E-state index is 12.5. The van der Waals surface area contributed by atoms with Crippen molar-refractivity contribution >= 4 is 17.6 Å². The molecule has 0 unspecified atom stereocenters. The highest BCUT2D eigenvalue weighted by atomic mass is 19.4. The van der Waals surface area contributed by atoms with Gasteiger partial charge in [-0.05, 0) is 48.4 Å². The molecule has 5 nitrogen and oxygen atoms in total. The lowest BCUT2D eigenvalue weighted by Crippen LogP contribution is -2.21. The average molecular weight is 381 g/mol.